The van der Waals surface area contributed by atoms with Gasteiger partial charge < -0.3 is 24.4 Å². The zero-order valence-electron chi connectivity index (χ0n) is 15.5. The van der Waals surface area contributed by atoms with E-state index in [4.69, 9.17) is 13.8 Å². The second-order valence-corrected chi connectivity index (χ2v) is 10.6. The molecule has 1 aliphatic heterocycles. The maximum Gasteiger partial charge on any atom is 0.388 e. The maximum atomic E-state index is 12.6. The van der Waals surface area contributed by atoms with Crippen molar-refractivity contribution in [2.45, 2.75) is 39.7 Å². The molecule has 1 heterocycles. The van der Waals surface area contributed by atoms with Crippen LogP contribution < -0.4 is 10.6 Å². The molecule has 26 heavy (non-hydrogen) atoms. The van der Waals surface area contributed by atoms with Crippen LogP contribution in [0.2, 0.25) is 0 Å². The zero-order chi connectivity index (χ0) is 19.8. The summed E-state index contributed by atoms with van der Waals surface area (Å²) in [4.78, 5) is 36.0. The van der Waals surface area contributed by atoms with Crippen molar-refractivity contribution in [2.24, 2.45) is 5.41 Å². The molecule has 150 valence electrons. The highest BCUT2D eigenvalue weighted by molar-refractivity contribution is 8.55. The van der Waals surface area contributed by atoms with Crippen molar-refractivity contribution in [2.75, 3.05) is 32.6 Å². The Kier molecular flexibility index (Phi) is 9.09. The first-order valence-corrected chi connectivity index (χ1v) is 11.5. The van der Waals surface area contributed by atoms with Gasteiger partial charge in [-0.2, -0.15) is 0 Å². The molecule has 0 aromatic rings. The quantitative estimate of drug-likeness (QED) is 0.530. The average molecular weight is 410 g/mol. The maximum absolute atomic E-state index is 12.6. The fraction of sp³-hybridized carbons (Fsp3) is 0.800. The smallest absolute Gasteiger partial charge is 0.388 e. The molecule has 9 nitrogen and oxygen atoms in total. The van der Waals surface area contributed by atoms with E-state index in [0.29, 0.717) is 12.3 Å². The summed E-state index contributed by atoms with van der Waals surface area (Å²) < 4.78 is 28.4. The van der Waals surface area contributed by atoms with E-state index in [1.165, 1.54) is 7.11 Å². The van der Waals surface area contributed by atoms with Crippen LogP contribution in [0.1, 0.15) is 33.6 Å². The van der Waals surface area contributed by atoms with Gasteiger partial charge in [-0.25, -0.2) is 4.57 Å². The van der Waals surface area contributed by atoms with Crippen molar-refractivity contribution in [3.8, 4) is 0 Å². The highest BCUT2D eigenvalue weighted by Gasteiger charge is 2.41. The predicted molar refractivity (Wildman–Crippen MR) is 97.6 cm³/mol. The van der Waals surface area contributed by atoms with Gasteiger partial charge in [-0.3, -0.25) is 14.4 Å². The number of nitrogens with one attached hydrogen (secondary N) is 2. The Bertz CT molecular complexity index is 570. The Labute approximate surface area is 157 Å². The molecule has 0 spiro atoms. The topological polar surface area (TPSA) is 120 Å². The molecule has 0 saturated carbocycles. The first kappa shape index (κ1) is 23.0. The van der Waals surface area contributed by atoms with Crippen molar-refractivity contribution in [1.82, 2.24) is 10.6 Å². The Morgan fingerprint density at radius 1 is 1.35 bits per heavy atom. The third-order valence-electron chi connectivity index (χ3n) is 3.63. The van der Waals surface area contributed by atoms with Gasteiger partial charge in [-0.1, -0.05) is 20.8 Å². The number of carbonyl (C=O) groups is 3. The lowest BCUT2D eigenvalue weighted by atomic mass is 9.86. The minimum atomic E-state index is -3.46. The monoisotopic (exact) mass is 410 g/mol. The molecule has 2 amide bonds. The van der Waals surface area contributed by atoms with Crippen LogP contribution >= 0.6 is 18.2 Å². The van der Waals surface area contributed by atoms with Crippen molar-refractivity contribution < 1.29 is 32.7 Å². The van der Waals surface area contributed by atoms with Gasteiger partial charge in [0.15, 0.2) is 6.10 Å². The summed E-state index contributed by atoms with van der Waals surface area (Å²) >= 11 is 0.962. The van der Waals surface area contributed by atoms with Crippen LogP contribution in [-0.4, -0.2) is 56.4 Å². The Morgan fingerprint density at radius 2 is 2.04 bits per heavy atom. The van der Waals surface area contributed by atoms with Gasteiger partial charge in [-0.05, 0) is 11.4 Å². The van der Waals surface area contributed by atoms with Gasteiger partial charge in [0.2, 0.25) is 5.91 Å². The second-order valence-electron chi connectivity index (χ2n) is 6.34. The normalized spacial score (nSPS) is 28.4. The summed E-state index contributed by atoms with van der Waals surface area (Å²) in [5, 5.41) is 5.25. The van der Waals surface area contributed by atoms with Crippen molar-refractivity contribution in [3.05, 3.63) is 0 Å². The van der Waals surface area contributed by atoms with E-state index in [1.54, 1.807) is 20.8 Å². The Balaban J connectivity index is 3.03. The van der Waals surface area contributed by atoms with Crippen LogP contribution in [-0.2, 0) is 32.7 Å². The summed E-state index contributed by atoms with van der Waals surface area (Å²) in [5.74, 6) is -0.984. The van der Waals surface area contributed by atoms with Crippen LogP contribution in [0, 0.1) is 5.41 Å². The summed E-state index contributed by atoms with van der Waals surface area (Å²) in [7, 11) is 1.27. The molecule has 1 aliphatic rings. The highest BCUT2D eigenvalue weighted by Crippen LogP contribution is 2.60. The van der Waals surface area contributed by atoms with Crippen LogP contribution in [0.5, 0.6) is 0 Å². The van der Waals surface area contributed by atoms with Crippen LogP contribution in [0.4, 0.5) is 0 Å². The molecule has 0 radical (unpaired) electrons. The van der Waals surface area contributed by atoms with E-state index in [0.717, 1.165) is 11.4 Å². The number of rotatable bonds is 3. The van der Waals surface area contributed by atoms with Gasteiger partial charge in [0.25, 0.3) is 5.91 Å². The molecule has 0 aromatic carbocycles. The molecule has 0 aromatic heterocycles. The molecule has 2 N–H and O–H groups in total. The predicted octanol–water partition coefficient (Wildman–Crippen LogP) is 1.47. The van der Waals surface area contributed by atoms with Gasteiger partial charge in [0.1, 0.15) is 0 Å². The molecular formula is C15H27N2O7PS. The summed E-state index contributed by atoms with van der Waals surface area (Å²) in [6.45, 7) is 1.79. The Morgan fingerprint density at radius 3 is 2.65 bits per heavy atom. The molecular weight excluding hydrogens is 383 g/mol. The third-order valence-corrected chi connectivity index (χ3v) is 7.48. The van der Waals surface area contributed by atoms with Gasteiger partial charge >= 0.3 is 12.8 Å². The summed E-state index contributed by atoms with van der Waals surface area (Å²) in [6, 6.07) is 0. The van der Waals surface area contributed by atoms with Crippen LogP contribution in [0.3, 0.4) is 0 Å². The van der Waals surface area contributed by atoms with E-state index in [-0.39, 0.29) is 31.9 Å². The highest BCUT2D eigenvalue weighted by atomic mass is 32.7. The third kappa shape index (κ3) is 7.26. The molecule has 1 rings (SSSR count). The van der Waals surface area contributed by atoms with Crippen molar-refractivity contribution in [3.63, 3.8) is 0 Å². The Hall–Kier alpha value is -1.09. The van der Waals surface area contributed by atoms with E-state index < -0.39 is 30.2 Å². The van der Waals surface area contributed by atoms with Crippen molar-refractivity contribution in [1.29, 1.82) is 0 Å². The molecule has 1 saturated heterocycles. The van der Waals surface area contributed by atoms with Crippen molar-refractivity contribution >= 4 is 36.0 Å². The average Bonchev–Trinajstić information content (AvgIpc) is 2.60. The fourth-order valence-electron chi connectivity index (χ4n) is 2.07. The SMILES string of the molecule is CCC(=O)O[C@H]1C(=O)NCCC(=O)NCCSP(=O)(OC)OCC1(C)C. The molecule has 1 fully saturated rings. The van der Waals surface area contributed by atoms with Gasteiger partial charge in [0, 0.05) is 44.2 Å². The number of hydrogen-bond donors (Lipinski definition) is 2. The number of carbonyl (C=O) groups excluding carboxylic acids is 3. The summed E-state index contributed by atoms with van der Waals surface area (Å²) in [5.41, 5.74) is -0.962. The van der Waals surface area contributed by atoms with E-state index in [9.17, 15) is 18.9 Å². The minimum absolute atomic E-state index is 0.0870. The molecule has 1 unspecified atom stereocenters. The lowest BCUT2D eigenvalue weighted by molar-refractivity contribution is -0.164. The number of hydrogen-bond acceptors (Lipinski definition) is 8. The first-order chi connectivity index (χ1) is 12.1. The molecule has 11 heteroatoms. The van der Waals surface area contributed by atoms with E-state index >= 15 is 0 Å². The largest absolute Gasteiger partial charge is 0.452 e. The second kappa shape index (κ2) is 10.3. The lowest BCUT2D eigenvalue weighted by Gasteiger charge is -2.33. The van der Waals surface area contributed by atoms with Crippen LogP contribution in [0.15, 0.2) is 0 Å². The summed E-state index contributed by atoms with van der Waals surface area (Å²) in [6.07, 6.45) is -0.963. The first-order valence-electron chi connectivity index (χ1n) is 8.32. The number of ether oxygens (including phenoxy) is 1. The minimum Gasteiger partial charge on any atom is -0.452 e. The number of amides is 2. The standard InChI is InChI=1S/C15H27N2O7PS/c1-5-12(19)24-13-14(20)17-7-6-11(18)16-8-9-26-25(21,22-4)23-10-15(13,2)3/h13H,5-10H2,1-4H3,(H,16,18)(H,17,20)/t13-,25?/m0/s1. The zero-order valence-corrected chi connectivity index (χ0v) is 17.2. The van der Waals surface area contributed by atoms with Gasteiger partial charge in [0.05, 0.1) is 6.61 Å². The van der Waals surface area contributed by atoms with E-state index in [1.807, 2.05) is 0 Å². The molecule has 2 atom stereocenters. The molecule has 0 aliphatic carbocycles. The van der Waals surface area contributed by atoms with Gasteiger partial charge in [-0.15, -0.1) is 0 Å². The lowest BCUT2D eigenvalue weighted by Crippen LogP contribution is -2.49. The number of esters is 1. The van der Waals surface area contributed by atoms with E-state index in [2.05, 4.69) is 10.6 Å². The molecule has 0 bridgehead atoms. The van der Waals surface area contributed by atoms with Crippen LogP contribution in [0.25, 0.3) is 0 Å². The fourth-order valence-corrected chi connectivity index (χ4v) is 4.91.